The smallest absolute Gasteiger partial charge is 0.126 e. The van der Waals surface area contributed by atoms with Crippen LogP contribution in [0.2, 0.25) is 0 Å². The van der Waals surface area contributed by atoms with Crippen LogP contribution in [0.15, 0.2) is 30.6 Å². The van der Waals surface area contributed by atoms with E-state index in [1.54, 1.807) is 12.4 Å². The Hall–Kier alpha value is -1.18. The summed E-state index contributed by atoms with van der Waals surface area (Å²) >= 11 is 0. The van der Waals surface area contributed by atoms with Crippen LogP contribution in [0.5, 0.6) is 0 Å². The van der Waals surface area contributed by atoms with Crippen molar-refractivity contribution in [1.29, 1.82) is 0 Å². The number of hydrogen-bond donors (Lipinski definition) is 0. The van der Waals surface area contributed by atoms with Crippen molar-refractivity contribution in [2.45, 2.75) is 53.4 Å². The monoisotopic (exact) mass is 223 g/mol. The molecule has 92 valence electrons. The molecule has 0 bridgehead atoms. The second kappa shape index (κ2) is 16.3. The van der Waals surface area contributed by atoms with Crippen molar-refractivity contribution in [3.05, 3.63) is 30.6 Å². The van der Waals surface area contributed by atoms with E-state index < -0.39 is 0 Å². The van der Waals surface area contributed by atoms with Gasteiger partial charge < -0.3 is 4.79 Å². The van der Waals surface area contributed by atoms with Gasteiger partial charge in [0.2, 0.25) is 0 Å². The highest BCUT2D eigenvalue weighted by molar-refractivity contribution is 5.72. The minimum atomic E-state index is 0.167. The van der Waals surface area contributed by atoms with Gasteiger partial charge in [0.05, 0.1) is 0 Å². The standard InChI is InChI=1S/C6H14.C5H5N.C3H6O/c1-3-5-6-4-2;1-2-4-6-5-3-1;1-3(2)4/h3-6H2,1-2H3;1-5H;1-2H3. The molecule has 0 aliphatic heterocycles. The summed E-state index contributed by atoms with van der Waals surface area (Å²) in [6.45, 7) is 7.52. The maximum Gasteiger partial charge on any atom is 0.126 e. The molecular formula is C14H25NO. The molecule has 0 spiro atoms. The average molecular weight is 223 g/mol. The summed E-state index contributed by atoms with van der Waals surface area (Å²) in [7, 11) is 0. The number of unbranched alkanes of at least 4 members (excludes halogenated alkanes) is 3. The lowest BCUT2D eigenvalue weighted by molar-refractivity contribution is -0.114. The van der Waals surface area contributed by atoms with Crippen LogP contribution >= 0.6 is 0 Å². The van der Waals surface area contributed by atoms with Crippen molar-refractivity contribution >= 4 is 5.78 Å². The molecule has 0 amide bonds. The zero-order chi connectivity index (χ0) is 12.6. The van der Waals surface area contributed by atoms with Crippen LogP contribution in [0.1, 0.15) is 53.4 Å². The summed E-state index contributed by atoms with van der Waals surface area (Å²) in [6.07, 6.45) is 9.04. The topological polar surface area (TPSA) is 30.0 Å². The molecule has 1 aromatic rings. The van der Waals surface area contributed by atoms with Gasteiger partial charge in [-0.3, -0.25) is 4.98 Å². The number of carbonyl (C=O) groups excluding carboxylic acids is 1. The summed E-state index contributed by atoms with van der Waals surface area (Å²) < 4.78 is 0. The van der Waals surface area contributed by atoms with E-state index in [4.69, 9.17) is 0 Å². The molecule has 16 heavy (non-hydrogen) atoms. The van der Waals surface area contributed by atoms with Crippen LogP contribution in [-0.2, 0) is 4.79 Å². The quantitative estimate of drug-likeness (QED) is 0.716. The van der Waals surface area contributed by atoms with E-state index in [0.717, 1.165) is 0 Å². The number of ketones is 1. The molecule has 2 nitrogen and oxygen atoms in total. The van der Waals surface area contributed by atoms with Crippen LogP contribution in [0, 0.1) is 0 Å². The Bertz CT molecular complexity index is 187. The molecule has 2 heteroatoms. The van der Waals surface area contributed by atoms with Crippen LogP contribution in [0.25, 0.3) is 0 Å². The Labute approximate surface area is 100 Å². The van der Waals surface area contributed by atoms with Gasteiger partial charge in [-0.1, -0.05) is 45.6 Å². The third-order valence-corrected chi connectivity index (χ3v) is 1.52. The van der Waals surface area contributed by atoms with Crippen molar-refractivity contribution in [3.63, 3.8) is 0 Å². The third-order valence-electron chi connectivity index (χ3n) is 1.52. The first-order valence-corrected chi connectivity index (χ1v) is 5.97. The van der Waals surface area contributed by atoms with Gasteiger partial charge in [-0.15, -0.1) is 0 Å². The van der Waals surface area contributed by atoms with Gasteiger partial charge in [0.25, 0.3) is 0 Å². The molecule has 0 radical (unpaired) electrons. The van der Waals surface area contributed by atoms with E-state index in [1.165, 1.54) is 39.5 Å². The van der Waals surface area contributed by atoms with E-state index in [0.29, 0.717) is 0 Å². The van der Waals surface area contributed by atoms with Gasteiger partial charge in [-0.25, -0.2) is 0 Å². The Kier molecular flexibility index (Phi) is 17.5. The summed E-state index contributed by atoms with van der Waals surface area (Å²) in [5.74, 6) is 0.167. The number of hydrogen-bond acceptors (Lipinski definition) is 2. The summed E-state index contributed by atoms with van der Waals surface area (Å²) in [4.78, 5) is 13.2. The molecule has 0 fully saturated rings. The zero-order valence-electron chi connectivity index (χ0n) is 11.1. The predicted octanol–water partition coefficient (Wildman–Crippen LogP) is 4.26. The molecule has 0 unspecified atom stereocenters. The number of aromatic nitrogens is 1. The maximum atomic E-state index is 9.44. The SMILES string of the molecule is CC(C)=O.CCCCCC.c1ccncc1. The second-order valence-corrected chi connectivity index (χ2v) is 3.64. The molecule has 0 aliphatic carbocycles. The molecule has 0 saturated carbocycles. The molecule has 0 N–H and O–H groups in total. The summed E-state index contributed by atoms with van der Waals surface area (Å²) in [5, 5.41) is 0. The second-order valence-electron chi connectivity index (χ2n) is 3.64. The van der Waals surface area contributed by atoms with Crippen molar-refractivity contribution in [1.82, 2.24) is 4.98 Å². The lowest BCUT2D eigenvalue weighted by Gasteiger charge is -1.86. The Morgan fingerprint density at radius 2 is 1.31 bits per heavy atom. The molecule has 1 heterocycles. The Morgan fingerprint density at radius 3 is 1.44 bits per heavy atom. The van der Waals surface area contributed by atoms with Crippen molar-refractivity contribution in [2.24, 2.45) is 0 Å². The molecule has 0 aliphatic rings. The van der Waals surface area contributed by atoms with Gasteiger partial charge in [-0.05, 0) is 26.0 Å². The molecule has 1 rings (SSSR count). The lowest BCUT2D eigenvalue weighted by atomic mass is 10.2. The molecular weight excluding hydrogens is 198 g/mol. The lowest BCUT2D eigenvalue weighted by Crippen LogP contribution is -1.69. The molecule has 1 aromatic heterocycles. The fourth-order valence-corrected chi connectivity index (χ4v) is 0.813. The summed E-state index contributed by atoms with van der Waals surface area (Å²) in [5.41, 5.74) is 0. The minimum Gasteiger partial charge on any atom is -0.300 e. The first kappa shape index (κ1) is 17.2. The van der Waals surface area contributed by atoms with Gasteiger partial charge in [0.1, 0.15) is 5.78 Å². The van der Waals surface area contributed by atoms with E-state index in [2.05, 4.69) is 18.8 Å². The molecule has 0 aromatic carbocycles. The first-order chi connectivity index (χ1) is 7.65. The third kappa shape index (κ3) is 29.3. The molecule has 0 atom stereocenters. The molecule has 0 saturated heterocycles. The van der Waals surface area contributed by atoms with E-state index in [9.17, 15) is 4.79 Å². The number of rotatable bonds is 3. The highest BCUT2D eigenvalue weighted by Crippen LogP contribution is 1.95. The fourth-order valence-electron chi connectivity index (χ4n) is 0.813. The van der Waals surface area contributed by atoms with Crippen molar-refractivity contribution in [3.8, 4) is 0 Å². The van der Waals surface area contributed by atoms with Crippen LogP contribution in [-0.4, -0.2) is 10.8 Å². The predicted molar refractivity (Wildman–Crippen MR) is 70.4 cm³/mol. The minimum absolute atomic E-state index is 0.167. The zero-order valence-corrected chi connectivity index (χ0v) is 11.1. The highest BCUT2D eigenvalue weighted by Gasteiger charge is 1.75. The van der Waals surface area contributed by atoms with Gasteiger partial charge in [0.15, 0.2) is 0 Å². The number of Topliss-reactive ketones (excluding diaryl/α,β-unsaturated/α-hetero) is 1. The number of pyridine rings is 1. The van der Waals surface area contributed by atoms with Crippen molar-refractivity contribution < 1.29 is 4.79 Å². The van der Waals surface area contributed by atoms with E-state index in [-0.39, 0.29) is 5.78 Å². The van der Waals surface area contributed by atoms with Gasteiger partial charge in [-0.2, -0.15) is 0 Å². The maximum absolute atomic E-state index is 9.44. The number of carbonyl (C=O) groups is 1. The van der Waals surface area contributed by atoms with Crippen LogP contribution < -0.4 is 0 Å². The Balaban J connectivity index is 0. The van der Waals surface area contributed by atoms with Gasteiger partial charge >= 0.3 is 0 Å². The van der Waals surface area contributed by atoms with Crippen LogP contribution in [0.3, 0.4) is 0 Å². The largest absolute Gasteiger partial charge is 0.300 e. The van der Waals surface area contributed by atoms with E-state index in [1.807, 2.05) is 18.2 Å². The Morgan fingerprint density at radius 1 is 0.938 bits per heavy atom. The fraction of sp³-hybridized carbons (Fsp3) is 0.571. The summed E-state index contributed by atoms with van der Waals surface area (Å²) in [6, 6.07) is 5.72. The van der Waals surface area contributed by atoms with Gasteiger partial charge in [0, 0.05) is 12.4 Å². The number of nitrogens with zero attached hydrogens (tertiary/aromatic N) is 1. The highest BCUT2D eigenvalue weighted by atomic mass is 16.1. The van der Waals surface area contributed by atoms with Crippen LogP contribution in [0.4, 0.5) is 0 Å². The average Bonchev–Trinajstić information content (AvgIpc) is 2.29. The normalized spacial score (nSPS) is 8.00. The first-order valence-electron chi connectivity index (χ1n) is 5.97. The van der Waals surface area contributed by atoms with E-state index >= 15 is 0 Å². The van der Waals surface area contributed by atoms with Crippen molar-refractivity contribution in [2.75, 3.05) is 0 Å².